The van der Waals surface area contributed by atoms with Crippen LogP contribution in [0.15, 0.2) is 53.1 Å². The lowest BCUT2D eigenvalue weighted by Crippen LogP contribution is -2.42. The fourth-order valence-corrected chi connectivity index (χ4v) is 6.89. The zero-order chi connectivity index (χ0) is 28.4. The summed E-state index contributed by atoms with van der Waals surface area (Å²) in [7, 11) is 0. The van der Waals surface area contributed by atoms with Crippen molar-refractivity contribution in [1.82, 2.24) is 4.90 Å². The Bertz CT molecular complexity index is 1490. The average Bonchev–Trinajstić information content (AvgIpc) is 3.52. The summed E-state index contributed by atoms with van der Waals surface area (Å²) in [6, 6.07) is 10.1. The van der Waals surface area contributed by atoms with Gasteiger partial charge in [0, 0.05) is 31.3 Å². The minimum Gasteiger partial charge on any atom is -0.468 e. The lowest BCUT2D eigenvalue weighted by Gasteiger charge is -2.41. The number of fused-ring (bicyclic) bond motifs is 4. The normalized spacial score (nSPS) is 23.8. The Balaban J connectivity index is 1.41. The van der Waals surface area contributed by atoms with Crippen molar-refractivity contribution >= 4 is 11.7 Å². The molecule has 1 aromatic heterocycles. The van der Waals surface area contributed by atoms with Gasteiger partial charge in [-0.25, -0.2) is 8.78 Å². The number of carbonyl (C=O) groups excluding carboxylic acids is 2. The van der Waals surface area contributed by atoms with E-state index in [0.717, 1.165) is 11.1 Å². The molecule has 0 N–H and O–H groups in total. The quantitative estimate of drug-likeness (QED) is 0.329. The molecule has 1 saturated heterocycles. The van der Waals surface area contributed by atoms with Crippen LogP contribution in [0.25, 0.3) is 0 Å². The molecule has 3 aliphatic rings. The van der Waals surface area contributed by atoms with Crippen molar-refractivity contribution in [3.8, 4) is 0 Å². The molecule has 2 aromatic carbocycles. The zero-order valence-electron chi connectivity index (χ0n) is 21.9. The fourth-order valence-electron chi connectivity index (χ4n) is 6.89. The number of alkyl halides is 4. The van der Waals surface area contributed by atoms with Crippen molar-refractivity contribution in [2.75, 3.05) is 13.1 Å². The molecule has 0 saturated carbocycles. The maximum absolute atomic E-state index is 14.9. The summed E-state index contributed by atoms with van der Waals surface area (Å²) in [6.07, 6.45) is -0.662. The number of carbonyl (C=O) groups is 2. The standard InChI is InChI=1S/C31H28F5NO3/c1-29(33,31(34,35)36)20-9-12-24-19(13-20)7-8-21-15-37(17-30(21,24)14-18-5-10-22(32)11-6-18)28(39)23-16-40-26-4-2-3-25(38)27(23)26/h5-6,9-13,16,21H,2-4,7-8,14-15,17H2,1H3. The topological polar surface area (TPSA) is 50.5 Å². The number of likely N-dealkylation sites (tertiary alicyclic amines) is 1. The number of hydrogen-bond acceptors (Lipinski definition) is 3. The van der Waals surface area contributed by atoms with E-state index in [1.165, 1.54) is 30.5 Å². The molecule has 0 spiro atoms. The van der Waals surface area contributed by atoms with Crippen molar-refractivity contribution in [1.29, 1.82) is 0 Å². The maximum atomic E-state index is 14.9. The monoisotopic (exact) mass is 557 g/mol. The number of halogens is 5. The molecule has 210 valence electrons. The first-order valence-corrected chi connectivity index (χ1v) is 13.5. The summed E-state index contributed by atoms with van der Waals surface area (Å²) in [5.41, 5.74) is -1.85. The Morgan fingerprint density at radius 2 is 1.82 bits per heavy atom. The number of hydrogen-bond donors (Lipinski definition) is 0. The highest BCUT2D eigenvalue weighted by Gasteiger charge is 2.55. The number of rotatable bonds is 4. The molecule has 9 heteroatoms. The van der Waals surface area contributed by atoms with Gasteiger partial charge in [-0.1, -0.05) is 30.3 Å². The average molecular weight is 558 g/mol. The van der Waals surface area contributed by atoms with E-state index >= 15 is 0 Å². The van der Waals surface area contributed by atoms with Crippen LogP contribution in [0.1, 0.15) is 74.9 Å². The molecular formula is C31H28F5NO3. The largest absolute Gasteiger partial charge is 0.468 e. The minimum atomic E-state index is -5.07. The van der Waals surface area contributed by atoms with E-state index < -0.39 is 28.6 Å². The van der Waals surface area contributed by atoms with Gasteiger partial charge in [-0.3, -0.25) is 9.59 Å². The van der Waals surface area contributed by atoms with Crippen LogP contribution in [0.4, 0.5) is 22.0 Å². The van der Waals surface area contributed by atoms with Crippen molar-refractivity contribution in [2.45, 2.75) is 62.7 Å². The second-order valence-corrected chi connectivity index (χ2v) is 11.5. The van der Waals surface area contributed by atoms with E-state index in [-0.39, 0.29) is 29.7 Å². The number of ketones is 1. The second kappa shape index (κ2) is 9.28. The summed E-state index contributed by atoms with van der Waals surface area (Å²) in [5, 5.41) is 0. The Morgan fingerprint density at radius 1 is 1.07 bits per heavy atom. The van der Waals surface area contributed by atoms with Gasteiger partial charge in [0.2, 0.25) is 5.67 Å². The second-order valence-electron chi connectivity index (χ2n) is 11.5. The number of furan rings is 1. The van der Waals surface area contributed by atoms with Crippen molar-refractivity contribution < 1.29 is 36.0 Å². The van der Waals surface area contributed by atoms with Crippen LogP contribution in [0.2, 0.25) is 0 Å². The van der Waals surface area contributed by atoms with Crippen molar-refractivity contribution in [3.63, 3.8) is 0 Å². The highest BCUT2D eigenvalue weighted by Crippen LogP contribution is 2.51. The molecule has 4 nitrogen and oxygen atoms in total. The van der Waals surface area contributed by atoms with Crippen molar-refractivity contribution in [3.05, 3.63) is 93.7 Å². The Morgan fingerprint density at radius 3 is 2.55 bits per heavy atom. The zero-order valence-corrected chi connectivity index (χ0v) is 21.9. The number of Topliss-reactive ketones (excluding diaryl/α,β-unsaturated/α-hetero) is 1. The summed E-state index contributed by atoms with van der Waals surface area (Å²) in [4.78, 5) is 28.1. The van der Waals surface area contributed by atoms with Gasteiger partial charge in [-0.15, -0.1) is 0 Å². The third kappa shape index (κ3) is 4.16. The predicted molar refractivity (Wildman–Crippen MR) is 136 cm³/mol. The van der Waals surface area contributed by atoms with Gasteiger partial charge in [0.1, 0.15) is 17.8 Å². The third-order valence-electron chi connectivity index (χ3n) is 9.08. The lowest BCUT2D eigenvalue weighted by atomic mass is 9.62. The van der Waals surface area contributed by atoms with Crippen molar-refractivity contribution in [2.24, 2.45) is 5.92 Å². The van der Waals surface area contributed by atoms with Gasteiger partial charge < -0.3 is 9.32 Å². The molecule has 1 aliphatic heterocycles. The Kier molecular flexibility index (Phi) is 6.20. The molecular weight excluding hydrogens is 529 g/mol. The van der Waals surface area contributed by atoms with Crippen LogP contribution in [0.3, 0.4) is 0 Å². The summed E-state index contributed by atoms with van der Waals surface area (Å²) in [6.45, 7) is 1.16. The highest BCUT2D eigenvalue weighted by atomic mass is 19.4. The number of amides is 1. The molecule has 1 fully saturated rings. The number of aryl methyl sites for hydroxylation is 2. The lowest BCUT2D eigenvalue weighted by molar-refractivity contribution is -0.228. The van der Waals surface area contributed by atoms with Gasteiger partial charge in [-0.2, -0.15) is 13.2 Å². The first-order chi connectivity index (χ1) is 18.9. The van der Waals surface area contributed by atoms with Crippen LogP contribution in [-0.2, 0) is 30.3 Å². The van der Waals surface area contributed by atoms with Gasteiger partial charge in [0.25, 0.3) is 5.91 Å². The highest BCUT2D eigenvalue weighted by molar-refractivity contribution is 6.09. The molecule has 2 heterocycles. The van der Waals surface area contributed by atoms with E-state index in [1.54, 1.807) is 23.1 Å². The molecule has 0 radical (unpaired) electrons. The summed E-state index contributed by atoms with van der Waals surface area (Å²) < 4.78 is 74.7. The molecule has 40 heavy (non-hydrogen) atoms. The van der Waals surface area contributed by atoms with E-state index in [4.69, 9.17) is 4.42 Å². The first-order valence-electron chi connectivity index (χ1n) is 13.5. The van der Waals surface area contributed by atoms with Gasteiger partial charge >= 0.3 is 6.18 Å². The van der Waals surface area contributed by atoms with E-state index in [0.29, 0.717) is 68.9 Å². The predicted octanol–water partition coefficient (Wildman–Crippen LogP) is 6.88. The van der Waals surface area contributed by atoms with Gasteiger partial charge in [0.05, 0.1) is 11.1 Å². The summed E-state index contributed by atoms with van der Waals surface area (Å²) in [5.74, 6) is -0.349. The van der Waals surface area contributed by atoms with E-state index in [2.05, 4.69) is 0 Å². The summed E-state index contributed by atoms with van der Waals surface area (Å²) >= 11 is 0. The first kappa shape index (κ1) is 26.7. The van der Waals surface area contributed by atoms with Crippen LogP contribution < -0.4 is 0 Å². The molecule has 3 aromatic rings. The van der Waals surface area contributed by atoms with Gasteiger partial charge in [0.15, 0.2) is 5.78 Å². The van der Waals surface area contributed by atoms with Crippen LogP contribution in [-0.4, -0.2) is 35.9 Å². The molecule has 2 aliphatic carbocycles. The molecule has 3 unspecified atom stereocenters. The van der Waals surface area contributed by atoms with Crippen LogP contribution in [0, 0.1) is 11.7 Å². The smallest absolute Gasteiger partial charge is 0.426 e. The fraction of sp³-hybridized carbons (Fsp3) is 0.419. The van der Waals surface area contributed by atoms with E-state index in [1.807, 2.05) is 0 Å². The number of benzene rings is 2. The maximum Gasteiger partial charge on any atom is 0.426 e. The molecule has 1 amide bonds. The molecule has 3 atom stereocenters. The number of nitrogens with zero attached hydrogens (tertiary/aromatic N) is 1. The van der Waals surface area contributed by atoms with Crippen LogP contribution in [0.5, 0.6) is 0 Å². The SMILES string of the molecule is CC(F)(c1ccc2c(c1)CCC1CN(C(=O)c3coc4c3C(=O)CCC4)CC21Cc1ccc(F)cc1)C(F)(F)F. The van der Waals surface area contributed by atoms with Crippen LogP contribution >= 0.6 is 0 Å². The van der Waals surface area contributed by atoms with E-state index in [9.17, 15) is 31.5 Å². The molecule has 6 rings (SSSR count). The Hall–Kier alpha value is -3.49. The van der Waals surface area contributed by atoms with Gasteiger partial charge in [-0.05, 0) is 72.9 Å². The minimum absolute atomic E-state index is 0.0438. The molecule has 0 bridgehead atoms. The third-order valence-corrected chi connectivity index (χ3v) is 9.08. The Labute approximate surface area is 228 Å².